The van der Waals surface area contributed by atoms with Crippen LogP contribution in [0.15, 0.2) is 24.3 Å². The number of carboxylic acid groups (broad SMARTS) is 1. The lowest BCUT2D eigenvalue weighted by Crippen LogP contribution is -2.40. The quantitative estimate of drug-likeness (QED) is 0.909. The normalized spacial score (nSPS) is 28.7. The summed E-state index contributed by atoms with van der Waals surface area (Å²) in [6.45, 7) is 2.48. The van der Waals surface area contributed by atoms with Crippen LogP contribution in [0.5, 0.6) is 0 Å². The number of anilines is 1. The Labute approximate surface area is 123 Å². The van der Waals surface area contributed by atoms with E-state index in [0.717, 1.165) is 11.3 Å². The summed E-state index contributed by atoms with van der Waals surface area (Å²) in [6.07, 6.45) is 2.07. The van der Waals surface area contributed by atoms with Crippen molar-refractivity contribution in [3.05, 3.63) is 29.8 Å². The molecule has 21 heavy (non-hydrogen) atoms. The van der Waals surface area contributed by atoms with Gasteiger partial charge in [-0.25, -0.2) is 4.79 Å². The molecule has 1 aliphatic heterocycles. The Morgan fingerprint density at radius 1 is 1.33 bits per heavy atom. The van der Waals surface area contributed by atoms with E-state index in [1.54, 1.807) is 4.90 Å². The number of carbonyl (C=O) groups is 2. The van der Waals surface area contributed by atoms with Crippen LogP contribution in [0, 0.1) is 12.8 Å². The van der Waals surface area contributed by atoms with E-state index in [-0.39, 0.29) is 12.0 Å². The number of rotatable bonds is 2. The van der Waals surface area contributed by atoms with Crippen molar-refractivity contribution < 1.29 is 19.4 Å². The monoisotopic (exact) mass is 289 g/mol. The van der Waals surface area contributed by atoms with Gasteiger partial charge in [-0.15, -0.1) is 0 Å². The molecule has 3 rings (SSSR count). The highest BCUT2D eigenvalue weighted by molar-refractivity contribution is 5.91. The fourth-order valence-electron chi connectivity index (χ4n) is 3.33. The van der Waals surface area contributed by atoms with Gasteiger partial charge in [-0.05, 0) is 44.2 Å². The zero-order chi connectivity index (χ0) is 15.0. The van der Waals surface area contributed by atoms with Gasteiger partial charge in [-0.1, -0.05) is 18.2 Å². The van der Waals surface area contributed by atoms with E-state index in [1.807, 2.05) is 31.2 Å². The molecule has 1 aromatic rings. The molecule has 1 aliphatic carbocycles. The van der Waals surface area contributed by atoms with Crippen LogP contribution < -0.4 is 4.90 Å². The number of hydrogen-bond donors (Lipinski definition) is 1. The third-order valence-electron chi connectivity index (χ3n) is 4.62. The van der Waals surface area contributed by atoms with Crippen LogP contribution in [0.25, 0.3) is 0 Å². The van der Waals surface area contributed by atoms with Crippen molar-refractivity contribution in [2.45, 2.75) is 38.2 Å². The predicted octanol–water partition coefficient (Wildman–Crippen LogP) is 2.97. The number of benzene rings is 1. The van der Waals surface area contributed by atoms with E-state index >= 15 is 0 Å². The summed E-state index contributed by atoms with van der Waals surface area (Å²) >= 11 is 0. The SMILES string of the molecule is Cc1ccccc1N1C[C@]2(CC[C@@H](C(=O)O)CC2)OC1=O. The minimum Gasteiger partial charge on any atom is -0.481 e. The predicted molar refractivity (Wildman–Crippen MR) is 77.3 cm³/mol. The molecule has 1 N–H and O–H groups in total. The van der Waals surface area contributed by atoms with Gasteiger partial charge in [0.2, 0.25) is 0 Å². The highest BCUT2D eigenvalue weighted by Gasteiger charge is 2.48. The van der Waals surface area contributed by atoms with Crippen LogP contribution in [0.1, 0.15) is 31.2 Å². The zero-order valence-electron chi connectivity index (χ0n) is 12.0. The smallest absolute Gasteiger partial charge is 0.415 e. The lowest BCUT2D eigenvalue weighted by atomic mass is 9.79. The zero-order valence-corrected chi connectivity index (χ0v) is 12.0. The Morgan fingerprint density at radius 3 is 2.62 bits per heavy atom. The van der Waals surface area contributed by atoms with Crippen LogP contribution in [0.4, 0.5) is 10.5 Å². The van der Waals surface area contributed by atoms with E-state index < -0.39 is 11.6 Å². The summed E-state index contributed by atoms with van der Waals surface area (Å²) in [5, 5.41) is 9.07. The second-order valence-electron chi connectivity index (χ2n) is 6.04. The fraction of sp³-hybridized carbons (Fsp3) is 0.500. The first-order valence-electron chi connectivity index (χ1n) is 7.30. The van der Waals surface area contributed by atoms with Gasteiger partial charge in [0.15, 0.2) is 0 Å². The van der Waals surface area contributed by atoms with Crippen molar-refractivity contribution in [1.29, 1.82) is 0 Å². The number of para-hydroxylation sites is 1. The summed E-state index contributed by atoms with van der Waals surface area (Å²) in [7, 11) is 0. The van der Waals surface area contributed by atoms with Gasteiger partial charge in [0, 0.05) is 0 Å². The maximum Gasteiger partial charge on any atom is 0.415 e. The lowest BCUT2D eigenvalue weighted by Gasteiger charge is -2.33. The molecule has 2 fully saturated rings. The molecule has 112 valence electrons. The Balaban J connectivity index is 1.77. The summed E-state index contributed by atoms with van der Waals surface area (Å²) in [4.78, 5) is 24.9. The molecule has 0 unspecified atom stereocenters. The third kappa shape index (κ3) is 2.48. The molecule has 1 amide bonds. The summed E-state index contributed by atoms with van der Waals surface area (Å²) in [5.41, 5.74) is 1.40. The second-order valence-corrected chi connectivity index (χ2v) is 6.04. The number of amides is 1. The van der Waals surface area contributed by atoms with Crippen molar-refractivity contribution >= 4 is 17.7 Å². The third-order valence-corrected chi connectivity index (χ3v) is 4.62. The summed E-state index contributed by atoms with van der Waals surface area (Å²) < 4.78 is 5.63. The minimum atomic E-state index is -0.745. The Morgan fingerprint density at radius 2 is 2.00 bits per heavy atom. The molecule has 1 saturated carbocycles. The molecule has 1 spiro atoms. The van der Waals surface area contributed by atoms with Crippen LogP contribution in [-0.4, -0.2) is 29.3 Å². The molecule has 2 aliphatic rings. The maximum atomic E-state index is 12.2. The van der Waals surface area contributed by atoms with Gasteiger partial charge < -0.3 is 9.84 Å². The molecule has 5 heteroatoms. The van der Waals surface area contributed by atoms with Crippen molar-refractivity contribution in [2.75, 3.05) is 11.4 Å². The number of nitrogens with zero attached hydrogens (tertiary/aromatic N) is 1. The molecular formula is C16H19NO4. The molecule has 0 bridgehead atoms. The second kappa shape index (κ2) is 5.06. The fourth-order valence-corrected chi connectivity index (χ4v) is 3.33. The molecule has 1 saturated heterocycles. The molecule has 1 heterocycles. The van der Waals surface area contributed by atoms with E-state index in [0.29, 0.717) is 32.2 Å². The van der Waals surface area contributed by atoms with Crippen LogP contribution in [-0.2, 0) is 9.53 Å². The molecule has 0 aromatic heterocycles. The average Bonchev–Trinajstić information content (AvgIpc) is 2.76. The van der Waals surface area contributed by atoms with Gasteiger partial charge in [0.25, 0.3) is 0 Å². The molecule has 5 nitrogen and oxygen atoms in total. The molecular weight excluding hydrogens is 270 g/mol. The van der Waals surface area contributed by atoms with Crippen LogP contribution in [0.2, 0.25) is 0 Å². The van der Waals surface area contributed by atoms with Crippen molar-refractivity contribution in [3.8, 4) is 0 Å². The Hall–Kier alpha value is -2.04. The van der Waals surface area contributed by atoms with Crippen LogP contribution >= 0.6 is 0 Å². The Bertz CT molecular complexity index is 575. The largest absolute Gasteiger partial charge is 0.481 e. The number of aryl methyl sites for hydroxylation is 1. The van der Waals surface area contributed by atoms with E-state index in [1.165, 1.54) is 0 Å². The Kier molecular flexibility index (Phi) is 3.35. The number of aliphatic carboxylic acids is 1. The van der Waals surface area contributed by atoms with Crippen molar-refractivity contribution in [1.82, 2.24) is 0 Å². The minimum absolute atomic E-state index is 0.304. The topological polar surface area (TPSA) is 66.8 Å². The van der Waals surface area contributed by atoms with E-state index in [4.69, 9.17) is 9.84 Å². The van der Waals surface area contributed by atoms with E-state index in [9.17, 15) is 9.59 Å². The van der Waals surface area contributed by atoms with Gasteiger partial charge in [-0.2, -0.15) is 0 Å². The highest BCUT2D eigenvalue weighted by Crippen LogP contribution is 2.41. The van der Waals surface area contributed by atoms with E-state index in [2.05, 4.69) is 0 Å². The van der Waals surface area contributed by atoms with Gasteiger partial charge >= 0.3 is 12.1 Å². The van der Waals surface area contributed by atoms with Crippen molar-refractivity contribution in [2.24, 2.45) is 5.92 Å². The first-order valence-corrected chi connectivity index (χ1v) is 7.30. The lowest BCUT2D eigenvalue weighted by molar-refractivity contribution is -0.144. The number of hydrogen-bond acceptors (Lipinski definition) is 3. The molecule has 0 radical (unpaired) electrons. The highest BCUT2D eigenvalue weighted by atomic mass is 16.6. The average molecular weight is 289 g/mol. The first-order chi connectivity index (χ1) is 10.0. The van der Waals surface area contributed by atoms with Gasteiger partial charge in [0.1, 0.15) is 5.60 Å². The maximum absolute atomic E-state index is 12.2. The standard InChI is InChI=1S/C16H19NO4/c1-11-4-2-3-5-13(11)17-10-16(21-15(17)20)8-6-12(7-9-16)14(18)19/h2-5,12H,6-10H2,1H3,(H,18,19)/t12-,16-. The first kappa shape index (κ1) is 13.9. The number of carbonyl (C=O) groups excluding carboxylic acids is 1. The molecule has 1 aromatic carbocycles. The summed E-state index contributed by atoms with van der Waals surface area (Å²) in [5.74, 6) is -1.05. The van der Waals surface area contributed by atoms with Gasteiger partial charge in [-0.3, -0.25) is 9.69 Å². The van der Waals surface area contributed by atoms with Crippen molar-refractivity contribution in [3.63, 3.8) is 0 Å². The summed E-state index contributed by atoms with van der Waals surface area (Å²) in [6, 6.07) is 7.73. The number of ether oxygens (including phenoxy) is 1. The molecule has 0 atom stereocenters. The number of carboxylic acids is 1. The van der Waals surface area contributed by atoms with Crippen LogP contribution in [0.3, 0.4) is 0 Å². The van der Waals surface area contributed by atoms with Gasteiger partial charge in [0.05, 0.1) is 18.2 Å².